The molecule has 21 heavy (non-hydrogen) atoms. The number of amides is 1. The maximum atomic E-state index is 12.6. The molecule has 1 aliphatic rings. The van der Waals surface area contributed by atoms with Crippen LogP contribution in [0.3, 0.4) is 0 Å². The Hall–Kier alpha value is -1.42. The molecule has 1 aliphatic carbocycles. The molecule has 1 amide bonds. The Bertz CT molecular complexity index is 507. The average molecular weight is 304 g/mol. The summed E-state index contributed by atoms with van der Waals surface area (Å²) in [5.74, 6) is 0.483. The van der Waals surface area contributed by atoms with Crippen LogP contribution in [-0.4, -0.2) is 16.4 Å². The Balaban J connectivity index is 2.10. The maximum Gasteiger partial charge on any atom is 0.228 e. The third-order valence-electron chi connectivity index (χ3n) is 4.65. The van der Waals surface area contributed by atoms with Gasteiger partial charge in [-0.1, -0.05) is 49.5 Å². The average Bonchev–Trinajstić information content (AvgIpc) is 2.49. The quantitative estimate of drug-likeness (QED) is 0.840. The number of nitrogens with one attached hydrogen (secondary N) is 1. The Kier molecular flexibility index (Phi) is 4.99. The number of thiocarbonyl (C=S) groups is 1. The van der Waals surface area contributed by atoms with Gasteiger partial charge in [0.15, 0.2) is 0 Å². The first kappa shape index (κ1) is 16.0. The molecule has 0 radical (unpaired) electrons. The minimum absolute atomic E-state index is 0.00329. The zero-order chi connectivity index (χ0) is 15.5. The second-order valence-electron chi connectivity index (χ2n) is 6.25. The van der Waals surface area contributed by atoms with Gasteiger partial charge in [0.2, 0.25) is 5.91 Å². The SMILES string of the molecule is CC1CCC(NC(=O)C(C)c2ccccc2)(C(N)=S)CC1. The van der Waals surface area contributed by atoms with Crippen molar-refractivity contribution in [2.75, 3.05) is 0 Å². The van der Waals surface area contributed by atoms with E-state index in [1.807, 2.05) is 37.3 Å². The molecule has 1 saturated carbocycles. The van der Waals surface area contributed by atoms with E-state index in [1.54, 1.807) is 0 Å². The van der Waals surface area contributed by atoms with Crippen LogP contribution in [0, 0.1) is 5.92 Å². The molecule has 1 unspecified atom stereocenters. The van der Waals surface area contributed by atoms with Crippen molar-refractivity contribution in [3.63, 3.8) is 0 Å². The van der Waals surface area contributed by atoms with E-state index in [-0.39, 0.29) is 11.8 Å². The number of benzene rings is 1. The molecule has 0 heterocycles. The van der Waals surface area contributed by atoms with Crippen molar-refractivity contribution in [2.45, 2.75) is 51.0 Å². The topological polar surface area (TPSA) is 55.1 Å². The lowest BCUT2D eigenvalue weighted by molar-refractivity contribution is -0.123. The van der Waals surface area contributed by atoms with Crippen molar-refractivity contribution in [1.82, 2.24) is 5.32 Å². The van der Waals surface area contributed by atoms with Crippen LogP contribution >= 0.6 is 12.2 Å². The van der Waals surface area contributed by atoms with Crippen LogP contribution < -0.4 is 11.1 Å². The molecule has 1 atom stereocenters. The number of rotatable bonds is 4. The smallest absolute Gasteiger partial charge is 0.228 e. The number of carbonyl (C=O) groups excluding carboxylic acids is 1. The second-order valence-corrected chi connectivity index (χ2v) is 6.69. The highest BCUT2D eigenvalue weighted by atomic mass is 32.1. The molecule has 114 valence electrons. The van der Waals surface area contributed by atoms with Crippen molar-refractivity contribution in [1.29, 1.82) is 0 Å². The summed E-state index contributed by atoms with van der Waals surface area (Å²) < 4.78 is 0. The van der Waals surface area contributed by atoms with Gasteiger partial charge in [0.1, 0.15) is 0 Å². The first-order valence-corrected chi connectivity index (χ1v) is 8.02. The van der Waals surface area contributed by atoms with E-state index in [1.165, 1.54) is 0 Å². The predicted molar refractivity (Wildman–Crippen MR) is 90.1 cm³/mol. The van der Waals surface area contributed by atoms with Crippen LogP contribution in [0.2, 0.25) is 0 Å². The molecule has 1 fully saturated rings. The normalized spacial score (nSPS) is 26.9. The van der Waals surface area contributed by atoms with E-state index >= 15 is 0 Å². The first-order chi connectivity index (χ1) is 9.94. The van der Waals surface area contributed by atoms with Crippen LogP contribution in [0.1, 0.15) is 51.0 Å². The van der Waals surface area contributed by atoms with Gasteiger partial charge in [-0.15, -0.1) is 0 Å². The minimum atomic E-state index is -0.498. The maximum absolute atomic E-state index is 12.6. The first-order valence-electron chi connectivity index (χ1n) is 7.61. The van der Waals surface area contributed by atoms with E-state index in [0.717, 1.165) is 31.2 Å². The molecule has 0 aromatic heterocycles. The molecular weight excluding hydrogens is 280 g/mol. The zero-order valence-corrected chi connectivity index (χ0v) is 13.6. The fraction of sp³-hybridized carbons (Fsp3) is 0.529. The highest BCUT2D eigenvalue weighted by Gasteiger charge is 2.39. The van der Waals surface area contributed by atoms with Crippen LogP contribution in [0.25, 0.3) is 0 Å². The van der Waals surface area contributed by atoms with Gasteiger partial charge in [0.05, 0.1) is 16.4 Å². The standard InChI is InChI=1S/C17H24N2OS/c1-12-8-10-17(11-9-12,16(18)21)19-15(20)13(2)14-6-4-3-5-7-14/h3-7,12-13H,8-11H2,1-2H3,(H2,18,21)(H,19,20). The third-order valence-corrected chi connectivity index (χ3v) is 5.05. The van der Waals surface area contributed by atoms with Crippen molar-refractivity contribution in [3.8, 4) is 0 Å². The summed E-state index contributed by atoms with van der Waals surface area (Å²) in [5.41, 5.74) is 6.46. The summed E-state index contributed by atoms with van der Waals surface area (Å²) in [6.45, 7) is 4.15. The van der Waals surface area contributed by atoms with Gasteiger partial charge in [-0.25, -0.2) is 0 Å². The Morgan fingerprint density at radius 2 is 1.90 bits per heavy atom. The van der Waals surface area contributed by atoms with Gasteiger partial charge in [0.25, 0.3) is 0 Å². The van der Waals surface area contributed by atoms with Crippen LogP contribution in [0.15, 0.2) is 30.3 Å². The lowest BCUT2D eigenvalue weighted by Crippen LogP contribution is -2.59. The highest BCUT2D eigenvalue weighted by molar-refractivity contribution is 7.80. The summed E-state index contributed by atoms with van der Waals surface area (Å²) in [6.07, 6.45) is 3.79. The number of carbonyl (C=O) groups is 1. The summed E-state index contributed by atoms with van der Waals surface area (Å²) in [4.78, 5) is 13.0. The van der Waals surface area contributed by atoms with E-state index in [4.69, 9.17) is 18.0 Å². The van der Waals surface area contributed by atoms with Crippen molar-refractivity contribution in [3.05, 3.63) is 35.9 Å². The van der Waals surface area contributed by atoms with Gasteiger partial charge in [-0.3, -0.25) is 4.79 Å². The Morgan fingerprint density at radius 1 is 1.33 bits per heavy atom. The molecule has 1 aromatic carbocycles. The Morgan fingerprint density at radius 3 is 2.43 bits per heavy atom. The molecule has 1 aromatic rings. The van der Waals surface area contributed by atoms with Gasteiger partial charge in [0, 0.05) is 0 Å². The molecule has 0 bridgehead atoms. The molecule has 0 spiro atoms. The van der Waals surface area contributed by atoms with Crippen LogP contribution in [0.4, 0.5) is 0 Å². The number of hydrogen-bond acceptors (Lipinski definition) is 2. The predicted octanol–water partition coefficient (Wildman–Crippen LogP) is 3.14. The Labute approximate surface area is 132 Å². The molecule has 3 N–H and O–H groups in total. The monoisotopic (exact) mass is 304 g/mol. The summed E-state index contributed by atoms with van der Waals surface area (Å²) in [7, 11) is 0. The van der Waals surface area contributed by atoms with E-state index in [2.05, 4.69) is 12.2 Å². The number of nitrogens with two attached hydrogens (primary N) is 1. The summed E-state index contributed by atoms with van der Waals surface area (Å²) in [6, 6.07) is 9.80. The molecular formula is C17H24N2OS. The van der Waals surface area contributed by atoms with E-state index in [0.29, 0.717) is 10.9 Å². The summed E-state index contributed by atoms with van der Waals surface area (Å²) in [5, 5.41) is 3.15. The minimum Gasteiger partial charge on any atom is -0.391 e. The fourth-order valence-corrected chi connectivity index (χ4v) is 3.18. The van der Waals surface area contributed by atoms with Gasteiger partial charge >= 0.3 is 0 Å². The largest absolute Gasteiger partial charge is 0.391 e. The molecule has 4 heteroatoms. The van der Waals surface area contributed by atoms with Crippen LogP contribution in [0.5, 0.6) is 0 Å². The number of hydrogen-bond donors (Lipinski definition) is 2. The molecule has 3 nitrogen and oxygen atoms in total. The third kappa shape index (κ3) is 3.62. The molecule has 2 rings (SSSR count). The lowest BCUT2D eigenvalue weighted by Gasteiger charge is -2.40. The van der Waals surface area contributed by atoms with Crippen molar-refractivity contribution in [2.24, 2.45) is 11.7 Å². The van der Waals surface area contributed by atoms with Crippen molar-refractivity contribution < 1.29 is 4.79 Å². The van der Waals surface area contributed by atoms with Gasteiger partial charge in [-0.2, -0.15) is 0 Å². The van der Waals surface area contributed by atoms with E-state index in [9.17, 15) is 4.79 Å². The van der Waals surface area contributed by atoms with Crippen molar-refractivity contribution >= 4 is 23.1 Å². The molecule has 0 aliphatic heterocycles. The highest BCUT2D eigenvalue weighted by Crippen LogP contribution is 2.33. The van der Waals surface area contributed by atoms with Gasteiger partial charge in [-0.05, 0) is 44.1 Å². The van der Waals surface area contributed by atoms with Gasteiger partial charge < -0.3 is 11.1 Å². The van der Waals surface area contributed by atoms with Crippen LogP contribution in [-0.2, 0) is 4.79 Å². The lowest BCUT2D eigenvalue weighted by atomic mass is 9.76. The summed E-state index contributed by atoms with van der Waals surface area (Å²) >= 11 is 5.25. The zero-order valence-electron chi connectivity index (χ0n) is 12.8. The second kappa shape index (κ2) is 6.56. The molecule has 0 saturated heterocycles. The van der Waals surface area contributed by atoms with E-state index < -0.39 is 5.54 Å². The fourth-order valence-electron chi connectivity index (χ4n) is 2.93.